The third kappa shape index (κ3) is 3.92. The first-order valence-corrected chi connectivity index (χ1v) is 11.2. The van der Waals surface area contributed by atoms with Crippen molar-refractivity contribution in [1.82, 2.24) is 0 Å². The minimum Gasteiger partial charge on any atom is -0.316 e. The molecule has 0 N–H and O–H groups in total. The average Bonchev–Trinajstić information content (AvgIpc) is 2.92. The molecule has 0 bridgehead atoms. The molecular formula is C18H24N2O3S2. The molecule has 0 radical (unpaired) electrons. The molecule has 1 aromatic carbocycles. The Morgan fingerprint density at radius 3 is 2.64 bits per heavy atom. The van der Waals surface area contributed by atoms with Crippen molar-refractivity contribution in [2.24, 2.45) is 10.9 Å². The molecular weight excluding hydrogens is 356 g/mol. The Balaban J connectivity index is 1.99. The summed E-state index contributed by atoms with van der Waals surface area (Å²) in [6, 6.07) is 5.91. The Bertz CT molecular complexity index is 831. The summed E-state index contributed by atoms with van der Waals surface area (Å²) in [7, 11) is -3.04. The Hall–Kier alpha value is -1.34. The molecule has 2 heterocycles. The van der Waals surface area contributed by atoms with Crippen molar-refractivity contribution in [2.75, 3.05) is 16.4 Å². The van der Waals surface area contributed by atoms with Crippen molar-refractivity contribution >= 4 is 38.4 Å². The van der Waals surface area contributed by atoms with Gasteiger partial charge in [-0.3, -0.25) is 4.79 Å². The smallest absolute Gasteiger partial charge is 0.248 e. The number of anilines is 1. The third-order valence-corrected chi connectivity index (χ3v) is 7.85. The monoisotopic (exact) mass is 380 g/mol. The van der Waals surface area contributed by atoms with Gasteiger partial charge >= 0.3 is 0 Å². The number of rotatable bonds is 3. The number of sulfone groups is 1. The van der Waals surface area contributed by atoms with Crippen molar-refractivity contribution in [3.8, 4) is 0 Å². The number of carbonyl (C=O) groups is 1. The van der Waals surface area contributed by atoms with Gasteiger partial charge in [0.25, 0.3) is 0 Å². The van der Waals surface area contributed by atoms with Gasteiger partial charge in [-0.1, -0.05) is 31.7 Å². The number of carbonyl (C=O) groups excluding carboxylic acids is 1. The van der Waals surface area contributed by atoms with Gasteiger partial charge in [0.2, 0.25) is 5.91 Å². The molecule has 1 aromatic rings. The summed E-state index contributed by atoms with van der Waals surface area (Å²) in [5, 5.41) is 0.580. The molecule has 0 spiro atoms. The van der Waals surface area contributed by atoms with Gasteiger partial charge in [-0.15, -0.1) is 0 Å². The maximum Gasteiger partial charge on any atom is 0.248 e. The molecule has 0 saturated carbocycles. The number of aliphatic imine (C=N–C) groups is 1. The normalized spacial score (nSPS) is 26.4. The summed E-state index contributed by atoms with van der Waals surface area (Å²) in [6.07, 6.45) is 0.401. The van der Waals surface area contributed by atoms with E-state index in [2.05, 4.69) is 4.99 Å². The van der Waals surface area contributed by atoms with E-state index < -0.39 is 9.84 Å². The van der Waals surface area contributed by atoms with Crippen LogP contribution in [0.1, 0.15) is 31.4 Å². The third-order valence-electron chi connectivity index (χ3n) is 4.64. The first-order valence-electron chi connectivity index (χ1n) is 8.51. The fourth-order valence-electron chi connectivity index (χ4n) is 3.24. The lowest BCUT2D eigenvalue weighted by atomic mass is 10.1. The number of amidine groups is 1. The molecule has 2 fully saturated rings. The molecule has 3 rings (SSSR count). The highest BCUT2D eigenvalue weighted by molar-refractivity contribution is 8.16. The Morgan fingerprint density at radius 1 is 1.28 bits per heavy atom. The maximum atomic E-state index is 12.2. The van der Waals surface area contributed by atoms with E-state index in [0.717, 1.165) is 11.3 Å². The van der Waals surface area contributed by atoms with Crippen LogP contribution < -0.4 is 4.90 Å². The van der Waals surface area contributed by atoms with E-state index in [1.165, 1.54) is 17.3 Å². The van der Waals surface area contributed by atoms with Crippen LogP contribution in [0.15, 0.2) is 23.2 Å². The van der Waals surface area contributed by atoms with E-state index in [9.17, 15) is 13.2 Å². The number of amides is 1. The molecule has 1 amide bonds. The predicted molar refractivity (Wildman–Crippen MR) is 104 cm³/mol. The molecule has 2 aliphatic heterocycles. The van der Waals surface area contributed by atoms with Gasteiger partial charge in [-0.2, -0.15) is 4.99 Å². The lowest BCUT2D eigenvalue weighted by molar-refractivity contribution is -0.118. The summed E-state index contributed by atoms with van der Waals surface area (Å²) < 4.78 is 24.1. The van der Waals surface area contributed by atoms with Crippen LogP contribution in [-0.2, 0) is 14.6 Å². The highest BCUT2D eigenvalue weighted by Crippen LogP contribution is 2.41. The Morgan fingerprint density at radius 2 is 2.00 bits per heavy atom. The summed E-state index contributed by atoms with van der Waals surface area (Å²) in [6.45, 7) is 8.05. The zero-order valence-electron chi connectivity index (χ0n) is 15.0. The van der Waals surface area contributed by atoms with E-state index >= 15 is 0 Å². The molecule has 7 heteroatoms. The van der Waals surface area contributed by atoms with Crippen LogP contribution in [0.5, 0.6) is 0 Å². The molecule has 25 heavy (non-hydrogen) atoms. The Labute approximate surface area is 153 Å². The second-order valence-corrected chi connectivity index (χ2v) is 10.7. The van der Waals surface area contributed by atoms with Gasteiger partial charge < -0.3 is 4.90 Å². The second-order valence-electron chi connectivity index (χ2n) is 7.33. The topological polar surface area (TPSA) is 66.8 Å². The summed E-state index contributed by atoms with van der Waals surface area (Å²) in [4.78, 5) is 18.5. The highest BCUT2D eigenvalue weighted by atomic mass is 32.2. The SMILES string of the molecule is Cc1ccc(N2C(=NC(=O)CC(C)C)S[C@@H]3CS(=O)(=O)C[C@@H]32)cc1C. The van der Waals surface area contributed by atoms with E-state index in [-0.39, 0.29) is 34.6 Å². The van der Waals surface area contributed by atoms with Gasteiger partial charge in [0, 0.05) is 17.4 Å². The van der Waals surface area contributed by atoms with E-state index in [4.69, 9.17) is 0 Å². The average molecular weight is 381 g/mol. The van der Waals surface area contributed by atoms with E-state index in [1.54, 1.807) is 0 Å². The zero-order chi connectivity index (χ0) is 18.4. The van der Waals surface area contributed by atoms with Crippen LogP contribution >= 0.6 is 11.8 Å². The van der Waals surface area contributed by atoms with Crippen LogP contribution in [0.4, 0.5) is 5.69 Å². The van der Waals surface area contributed by atoms with Crippen molar-refractivity contribution < 1.29 is 13.2 Å². The summed E-state index contributed by atoms with van der Waals surface area (Å²) in [5.74, 6) is 0.378. The highest BCUT2D eigenvalue weighted by Gasteiger charge is 2.49. The van der Waals surface area contributed by atoms with Crippen LogP contribution in [-0.4, -0.2) is 42.3 Å². The van der Waals surface area contributed by atoms with Gasteiger partial charge in [-0.25, -0.2) is 8.42 Å². The maximum absolute atomic E-state index is 12.2. The fourth-order valence-corrected chi connectivity index (χ4v) is 7.17. The molecule has 0 aliphatic carbocycles. The van der Waals surface area contributed by atoms with E-state index in [0.29, 0.717) is 11.6 Å². The minimum absolute atomic E-state index is 0.0581. The quantitative estimate of drug-likeness (QED) is 0.806. The number of benzene rings is 1. The van der Waals surface area contributed by atoms with Crippen molar-refractivity contribution in [1.29, 1.82) is 0 Å². The van der Waals surface area contributed by atoms with Gasteiger partial charge in [-0.05, 0) is 43.0 Å². The van der Waals surface area contributed by atoms with Gasteiger partial charge in [0.15, 0.2) is 15.0 Å². The zero-order valence-corrected chi connectivity index (χ0v) is 16.7. The largest absolute Gasteiger partial charge is 0.316 e. The van der Waals surface area contributed by atoms with Crippen molar-refractivity contribution in [3.63, 3.8) is 0 Å². The van der Waals surface area contributed by atoms with Crippen LogP contribution in [0.3, 0.4) is 0 Å². The summed E-state index contributed by atoms with van der Waals surface area (Å²) in [5.41, 5.74) is 3.23. The number of nitrogens with zero attached hydrogens (tertiary/aromatic N) is 2. The van der Waals surface area contributed by atoms with Crippen LogP contribution in [0.2, 0.25) is 0 Å². The number of fused-ring (bicyclic) bond motifs is 1. The number of hydrogen-bond donors (Lipinski definition) is 0. The molecule has 5 nitrogen and oxygen atoms in total. The van der Waals surface area contributed by atoms with Crippen molar-refractivity contribution in [3.05, 3.63) is 29.3 Å². The van der Waals surface area contributed by atoms with Gasteiger partial charge in [0.05, 0.1) is 17.5 Å². The summed E-state index contributed by atoms with van der Waals surface area (Å²) >= 11 is 1.43. The second kappa shape index (κ2) is 6.76. The molecule has 2 aliphatic rings. The first-order chi connectivity index (χ1) is 11.7. The molecule has 0 unspecified atom stereocenters. The standard InChI is InChI=1S/C18H24N2O3S2/c1-11(2)7-17(21)19-18-20(14-6-5-12(3)13(4)8-14)15-9-25(22,23)10-16(15)24-18/h5-6,8,11,15-16H,7,9-10H2,1-4H3/t15-,16+/m0/s1. The number of thioether (sulfide) groups is 1. The molecule has 0 aromatic heterocycles. The van der Waals surface area contributed by atoms with Crippen LogP contribution in [0.25, 0.3) is 0 Å². The number of aryl methyl sites for hydroxylation is 2. The van der Waals surface area contributed by atoms with Gasteiger partial charge in [0.1, 0.15) is 0 Å². The molecule has 2 atom stereocenters. The lowest BCUT2D eigenvalue weighted by Gasteiger charge is -2.25. The molecule has 2 saturated heterocycles. The predicted octanol–water partition coefficient (Wildman–Crippen LogP) is 2.95. The van der Waals surface area contributed by atoms with E-state index in [1.807, 2.05) is 50.8 Å². The van der Waals surface area contributed by atoms with Crippen molar-refractivity contribution in [2.45, 2.75) is 45.4 Å². The fraction of sp³-hybridized carbons (Fsp3) is 0.556. The Kier molecular flexibility index (Phi) is 4.99. The van der Waals surface area contributed by atoms with Crippen LogP contribution in [0, 0.1) is 19.8 Å². The number of hydrogen-bond acceptors (Lipinski definition) is 4. The lowest BCUT2D eigenvalue weighted by Crippen LogP contribution is -2.37. The molecule has 136 valence electrons. The minimum atomic E-state index is -3.04. The first kappa shape index (κ1) is 18.5.